The standard InChI is InChI=1S/C22H29N3O/c1-15(2)25-20(22(26)23-16-10-6-4-5-7-11-16)14-19-21(25)17-12-8-9-13-18(17)24(19)3/h8-9,12-16H,4-7,10-11H2,1-3H3,(H,23,26). The number of carbonyl (C=O) groups excluding carboxylic acids is 1. The summed E-state index contributed by atoms with van der Waals surface area (Å²) in [5.74, 6) is 0.0749. The van der Waals surface area contributed by atoms with Gasteiger partial charge in [0.25, 0.3) is 5.91 Å². The monoisotopic (exact) mass is 351 g/mol. The van der Waals surface area contributed by atoms with Gasteiger partial charge in [0.2, 0.25) is 0 Å². The number of aryl methyl sites for hydroxylation is 1. The van der Waals surface area contributed by atoms with E-state index in [2.05, 4.69) is 65.7 Å². The molecule has 0 atom stereocenters. The molecule has 2 aromatic heterocycles. The van der Waals surface area contributed by atoms with Crippen molar-refractivity contribution in [1.29, 1.82) is 0 Å². The first-order valence-corrected chi connectivity index (χ1v) is 9.97. The Morgan fingerprint density at radius 3 is 2.46 bits per heavy atom. The second-order valence-electron chi connectivity index (χ2n) is 7.97. The lowest BCUT2D eigenvalue weighted by atomic mass is 10.1. The van der Waals surface area contributed by atoms with E-state index in [0.717, 1.165) is 24.1 Å². The predicted molar refractivity (Wildman–Crippen MR) is 108 cm³/mol. The fourth-order valence-corrected chi connectivity index (χ4v) is 4.53. The summed E-state index contributed by atoms with van der Waals surface area (Å²) in [5.41, 5.74) is 4.30. The predicted octanol–water partition coefficient (Wildman–Crippen LogP) is 5.17. The van der Waals surface area contributed by atoms with Gasteiger partial charge in [-0.25, -0.2) is 0 Å². The summed E-state index contributed by atoms with van der Waals surface area (Å²) in [5, 5.41) is 4.53. The van der Waals surface area contributed by atoms with E-state index in [1.807, 2.05) is 0 Å². The molecule has 0 unspecified atom stereocenters. The molecule has 0 aliphatic heterocycles. The number of hydrogen-bond donors (Lipinski definition) is 1. The maximum Gasteiger partial charge on any atom is 0.268 e. The zero-order valence-corrected chi connectivity index (χ0v) is 16.1. The number of carbonyl (C=O) groups is 1. The van der Waals surface area contributed by atoms with E-state index in [1.165, 1.54) is 42.1 Å². The van der Waals surface area contributed by atoms with Gasteiger partial charge < -0.3 is 14.5 Å². The Balaban J connectivity index is 1.78. The van der Waals surface area contributed by atoms with Gasteiger partial charge in [0.05, 0.1) is 16.6 Å². The normalized spacial score (nSPS) is 16.5. The van der Waals surface area contributed by atoms with Gasteiger partial charge in [0, 0.05) is 24.5 Å². The van der Waals surface area contributed by atoms with Gasteiger partial charge in [0.1, 0.15) is 5.69 Å². The van der Waals surface area contributed by atoms with Gasteiger partial charge in [-0.3, -0.25) is 4.79 Å². The molecule has 1 N–H and O–H groups in total. The van der Waals surface area contributed by atoms with E-state index in [0.29, 0.717) is 6.04 Å². The molecule has 1 fully saturated rings. The number of hydrogen-bond acceptors (Lipinski definition) is 1. The first kappa shape index (κ1) is 17.2. The molecule has 1 aromatic carbocycles. The summed E-state index contributed by atoms with van der Waals surface area (Å²) < 4.78 is 4.41. The van der Waals surface area contributed by atoms with Crippen molar-refractivity contribution in [3.05, 3.63) is 36.0 Å². The van der Waals surface area contributed by atoms with Crippen molar-refractivity contribution in [1.82, 2.24) is 14.5 Å². The zero-order chi connectivity index (χ0) is 18.3. The van der Waals surface area contributed by atoms with Crippen LogP contribution in [0.5, 0.6) is 0 Å². The molecule has 0 radical (unpaired) electrons. The smallest absolute Gasteiger partial charge is 0.268 e. The summed E-state index contributed by atoms with van der Waals surface area (Å²) in [6.45, 7) is 4.31. The average Bonchev–Trinajstić information content (AvgIpc) is 3.02. The minimum atomic E-state index is 0.0749. The Labute approximate surface area is 155 Å². The van der Waals surface area contributed by atoms with Gasteiger partial charge in [-0.1, -0.05) is 43.9 Å². The van der Waals surface area contributed by atoms with E-state index in [-0.39, 0.29) is 11.9 Å². The fourth-order valence-electron chi connectivity index (χ4n) is 4.53. The summed E-state index contributed by atoms with van der Waals surface area (Å²) in [6, 6.07) is 11.1. The van der Waals surface area contributed by atoms with Crippen LogP contribution in [0.15, 0.2) is 30.3 Å². The summed E-state index contributed by atoms with van der Waals surface area (Å²) in [6.07, 6.45) is 7.26. The van der Waals surface area contributed by atoms with Crippen LogP contribution in [0.4, 0.5) is 0 Å². The Hall–Kier alpha value is -2.23. The molecule has 4 nitrogen and oxygen atoms in total. The number of nitrogens with one attached hydrogen (secondary N) is 1. The number of nitrogens with zero attached hydrogens (tertiary/aromatic N) is 2. The third-order valence-corrected chi connectivity index (χ3v) is 5.84. The molecule has 1 aliphatic carbocycles. The lowest BCUT2D eigenvalue weighted by Gasteiger charge is -2.19. The maximum atomic E-state index is 13.1. The molecule has 138 valence electrons. The number of rotatable bonds is 3. The molecule has 1 aliphatic rings. The minimum absolute atomic E-state index is 0.0749. The van der Waals surface area contributed by atoms with Gasteiger partial charge in [-0.05, 0) is 38.8 Å². The molecule has 4 rings (SSSR count). The largest absolute Gasteiger partial charge is 0.348 e. The van der Waals surface area contributed by atoms with E-state index in [4.69, 9.17) is 0 Å². The Morgan fingerprint density at radius 2 is 1.77 bits per heavy atom. The molecule has 0 spiro atoms. The highest BCUT2D eigenvalue weighted by atomic mass is 16.2. The van der Waals surface area contributed by atoms with E-state index < -0.39 is 0 Å². The molecule has 1 saturated carbocycles. The third kappa shape index (κ3) is 2.81. The van der Waals surface area contributed by atoms with E-state index in [1.54, 1.807) is 0 Å². The number of aromatic nitrogens is 2. The number of para-hydroxylation sites is 1. The van der Waals surface area contributed by atoms with Crippen molar-refractivity contribution >= 4 is 27.8 Å². The molecular formula is C22H29N3O. The number of amides is 1. The van der Waals surface area contributed by atoms with Crippen molar-refractivity contribution in [3.8, 4) is 0 Å². The van der Waals surface area contributed by atoms with Crippen LogP contribution < -0.4 is 5.32 Å². The first-order valence-electron chi connectivity index (χ1n) is 9.97. The van der Waals surface area contributed by atoms with Crippen LogP contribution >= 0.6 is 0 Å². The van der Waals surface area contributed by atoms with Crippen molar-refractivity contribution in [3.63, 3.8) is 0 Å². The molecule has 1 amide bonds. The Bertz CT molecular complexity index is 939. The lowest BCUT2D eigenvalue weighted by Crippen LogP contribution is -2.35. The number of benzene rings is 1. The van der Waals surface area contributed by atoms with E-state index in [9.17, 15) is 4.79 Å². The molecule has 2 heterocycles. The first-order chi connectivity index (χ1) is 12.6. The topological polar surface area (TPSA) is 39.0 Å². The highest BCUT2D eigenvalue weighted by Crippen LogP contribution is 2.33. The average molecular weight is 351 g/mol. The highest BCUT2D eigenvalue weighted by Gasteiger charge is 2.24. The van der Waals surface area contributed by atoms with Crippen LogP contribution in [0.1, 0.15) is 68.9 Å². The van der Waals surface area contributed by atoms with Crippen LogP contribution in [-0.2, 0) is 7.05 Å². The van der Waals surface area contributed by atoms with Gasteiger partial charge in [0.15, 0.2) is 0 Å². The molecule has 3 aromatic rings. The van der Waals surface area contributed by atoms with Crippen molar-refractivity contribution < 1.29 is 4.79 Å². The van der Waals surface area contributed by atoms with Crippen LogP contribution in [0.2, 0.25) is 0 Å². The molecule has 0 bridgehead atoms. The molecule has 0 saturated heterocycles. The van der Waals surface area contributed by atoms with Crippen LogP contribution in [0.25, 0.3) is 21.9 Å². The molecular weight excluding hydrogens is 322 g/mol. The van der Waals surface area contributed by atoms with Crippen molar-refractivity contribution in [2.75, 3.05) is 0 Å². The quantitative estimate of drug-likeness (QED) is 0.650. The van der Waals surface area contributed by atoms with Crippen LogP contribution in [0, 0.1) is 0 Å². The highest BCUT2D eigenvalue weighted by molar-refractivity contribution is 6.10. The maximum absolute atomic E-state index is 13.1. The Kier molecular flexibility index (Phi) is 4.51. The zero-order valence-electron chi connectivity index (χ0n) is 16.1. The van der Waals surface area contributed by atoms with Crippen LogP contribution in [-0.4, -0.2) is 21.1 Å². The van der Waals surface area contributed by atoms with Crippen LogP contribution in [0.3, 0.4) is 0 Å². The second-order valence-corrected chi connectivity index (χ2v) is 7.97. The minimum Gasteiger partial charge on any atom is -0.348 e. The molecule has 26 heavy (non-hydrogen) atoms. The van der Waals surface area contributed by atoms with Gasteiger partial charge in [-0.15, -0.1) is 0 Å². The summed E-state index contributed by atoms with van der Waals surface area (Å²) in [4.78, 5) is 13.1. The van der Waals surface area contributed by atoms with Crippen molar-refractivity contribution in [2.45, 2.75) is 64.5 Å². The Morgan fingerprint density at radius 1 is 1.08 bits per heavy atom. The molecule has 4 heteroatoms. The third-order valence-electron chi connectivity index (χ3n) is 5.84. The lowest BCUT2D eigenvalue weighted by molar-refractivity contribution is 0.0923. The van der Waals surface area contributed by atoms with Crippen molar-refractivity contribution in [2.24, 2.45) is 7.05 Å². The SMILES string of the molecule is CC(C)n1c(C(=O)NC2CCCCCC2)cc2c1c1ccccc1n2C. The summed E-state index contributed by atoms with van der Waals surface area (Å²) >= 11 is 0. The van der Waals surface area contributed by atoms with E-state index >= 15 is 0 Å². The van der Waals surface area contributed by atoms with Gasteiger partial charge >= 0.3 is 0 Å². The second kappa shape index (κ2) is 6.82. The number of fused-ring (bicyclic) bond motifs is 3. The van der Waals surface area contributed by atoms with Gasteiger partial charge in [-0.2, -0.15) is 0 Å². The fraction of sp³-hybridized carbons (Fsp3) is 0.500. The summed E-state index contributed by atoms with van der Waals surface area (Å²) in [7, 11) is 2.09.